The van der Waals surface area contributed by atoms with E-state index in [4.69, 9.17) is 5.14 Å². The summed E-state index contributed by atoms with van der Waals surface area (Å²) in [6.07, 6.45) is 0. The molecular formula is C18H14I2N6O5S-2. The Labute approximate surface area is 203 Å². The number of fused-ring (bicyclic) bond motifs is 2. The minimum atomic E-state index is -3.86. The van der Waals surface area contributed by atoms with Crippen molar-refractivity contribution < 1.29 is 13.2 Å². The van der Waals surface area contributed by atoms with Crippen molar-refractivity contribution in [3.63, 3.8) is 0 Å². The normalized spacial score (nSPS) is 14.3. The number of halogens is 2. The molecule has 0 atom stereocenters. The summed E-state index contributed by atoms with van der Waals surface area (Å²) in [4.78, 5) is 12.4. The molecule has 0 fully saturated rings. The van der Waals surface area contributed by atoms with E-state index in [9.17, 15) is 23.6 Å². The third-order valence-corrected chi connectivity index (χ3v) is 9.58. The zero-order valence-corrected chi connectivity index (χ0v) is 21.0. The lowest BCUT2D eigenvalue weighted by Gasteiger charge is -2.34. The van der Waals surface area contributed by atoms with Gasteiger partial charge in [-0.1, -0.05) is 24.3 Å². The minimum Gasteiger partial charge on any atom is -0.749 e. The van der Waals surface area contributed by atoms with Crippen LogP contribution in [0.25, 0.3) is 10.8 Å². The lowest BCUT2D eigenvalue weighted by atomic mass is 10.1. The molecule has 11 nitrogen and oxygen atoms in total. The van der Waals surface area contributed by atoms with Gasteiger partial charge >= 0.3 is 6.03 Å². The average Bonchev–Trinajstić information content (AvgIpc) is 2.75. The van der Waals surface area contributed by atoms with Crippen LogP contribution in [0.2, 0.25) is 0 Å². The van der Waals surface area contributed by atoms with E-state index in [1.807, 2.05) is 0 Å². The maximum atomic E-state index is 12.5. The Kier molecular flexibility index (Phi) is 6.67. The number of nitrogens with two attached hydrogens (primary N) is 1. The van der Waals surface area contributed by atoms with E-state index < -0.39 is 58.4 Å². The number of carbonyl (C=O) groups excluding carboxylic acids is 1. The molecule has 4 rings (SSSR count). The predicted octanol–water partition coefficient (Wildman–Crippen LogP) is 3.97. The standard InChI is InChI=1S/C18H14I2N6O5S/c21-32(30,31)14-8-6-11-5-7-13(9-12(11)10-14)22-18(27)23-17-19-25(28)15-3-1-2-4-16(15)26(29)20-24-17/h1-10H,(H2,21,30,31)(H2,22,23,27)/q-2. The van der Waals surface area contributed by atoms with Crippen molar-refractivity contribution >= 4 is 90.0 Å². The second-order valence-electron chi connectivity index (χ2n) is 6.36. The molecule has 14 heteroatoms. The molecule has 0 saturated heterocycles. The average molecular weight is 680 g/mol. The van der Waals surface area contributed by atoms with E-state index in [1.165, 1.54) is 12.1 Å². The largest absolute Gasteiger partial charge is 0.749 e. The number of carbonyl (C=O) groups is 1. The van der Waals surface area contributed by atoms with Crippen molar-refractivity contribution in [2.45, 2.75) is 4.90 Å². The Balaban J connectivity index is 1.54. The number of benzene rings is 3. The highest BCUT2D eigenvalue weighted by molar-refractivity contribution is 14.2. The first kappa shape index (κ1) is 22.9. The molecule has 1 aliphatic rings. The Morgan fingerprint density at radius 2 is 1.62 bits per heavy atom. The fourth-order valence-electron chi connectivity index (χ4n) is 2.78. The van der Waals surface area contributed by atoms with E-state index in [2.05, 4.69) is 13.8 Å². The van der Waals surface area contributed by atoms with Crippen molar-refractivity contribution in [3.8, 4) is 0 Å². The molecule has 1 heterocycles. The molecule has 0 radical (unpaired) electrons. The predicted molar refractivity (Wildman–Crippen MR) is 141 cm³/mol. The summed E-state index contributed by atoms with van der Waals surface area (Å²) in [5.41, 5.74) is 0.928. The van der Waals surface area contributed by atoms with Crippen LogP contribution < -0.4 is 22.3 Å². The van der Waals surface area contributed by atoms with Crippen LogP contribution >= 0.6 is 42.3 Å². The molecule has 168 valence electrons. The summed E-state index contributed by atoms with van der Waals surface area (Å²) in [7, 11) is -3.86. The number of nitrogens with zero attached hydrogens (tertiary/aromatic N) is 3. The fourth-order valence-corrected chi connectivity index (χ4v) is 7.10. The van der Waals surface area contributed by atoms with Gasteiger partial charge in [0.05, 0.1) is 16.3 Å². The van der Waals surface area contributed by atoms with Crippen LogP contribution in [0, 0.1) is 10.4 Å². The van der Waals surface area contributed by atoms with Crippen LogP contribution in [0.4, 0.5) is 21.9 Å². The SMILES string of the molecule is NS(=O)(=O)c1ccc2ccc(NC(=O)NC3=IN([O-])c4ccccc4N([O-])I=N3)cc2c1. The Morgan fingerprint density at radius 3 is 2.34 bits per heavy atom. The second kappa shape index (κ2) is 9.32. The van der Waals surface area contributed by atoms with Gasteiger partial charge < -0.3 is 22.3 Å². The molecule has 32 heavy (non-hydrogen) atoms. The lowest BCUT2D eigenvalue weighted by Crippen LogP contribution is -2.33. The van der Waals surface area contributed by atoms with E-state index in [0.717, 1.165) is 5.39 Å². The van der Waals surface area contributed by atoms with Crippen molar-refractivity contribution in [2.75, 3.05) is 11.9 Å². The molecule has 3 aromatic carbocycles. The quantitative estimate of drug-likeness (QED) is 0.278. The van der Waals surface area contributed by atoms with Gasteiger partial charge in [0.15, 0.2) is 3.76 Å². The van der Waals surface area contributed by atoms with Crippen LogP contribution in [-0.4, -0.2) is 18.2 Å². The number of hydrogen-bond donors (Lipinski definition) is 3. The van der Waals surface area contributed by atoms with E-state index in [0.29, 0.717) is 17.6 Å². The number of amides is 2. The zero-order valence-electron chi connectivity index (χ0n) is 15.9. The van der Waals surface area contributed by atoms with Crippen LogP contribution in [0.5, 0.6) is 0 Å². The first-order chi connectivity index (χ1) is 15.2. The molecule has 0 unspecified atom stereocenters. The number of primary sulfonamides is 1. The van der Waals surface area contributed by atoms with Gasteiger partial charge in [-0.25, -0.2) is 18.4 Å². The molecule has 0 saturated carbocycles. The molecule has 0 aromatic heterocycles. The second-order valence-corrected chi connectivity index (χ2v) is 12.1. The topological polar surface area (TPSA) is 166 Å². The molecule has 0 spiro atoms. The van der Waals surface area contributed by atoms with Gasteiger partial charge in [-0.15, -0.1) is 0 Å². The van der Waals surface area contributed by atoms with Crippen LogP contribution in [0.3, 0.4) is 0 Å². The molecule has 3 aromatic rings. The number of anilines is 3. The van der Waals surface area contributed by atoms with Crippen molar-refractivity contribution in [2.24, 2.45) is 8.28 Å². The molecule has 0 aliphatic carbocycles. The number of nitrogens with one attached hydrogen (secondary N) is 2. The first-order valence-electron chi connectivity index (χ1n) is 8.76. The minimum absolute atomic E-state index is 0.0397. The highest BCUT2D eigenvalue weighted by Crippen LogP contribution is 2.37. The molecular weight excluding hydrogens is 666 g/mol. The molecule has 2 amide bonds. The van der Waals surface area contributed by atoms with Gasteiger partial charge in [0.2, 0.25) is 10.0 Å². The van der Waals surface area contributed by atoms with E-state index >= 15 is 0 Å². The van der Waals surface area contributed by atoms with Crippen molar-refractivity contribution in [1.82, 2.24) is 5.32 Å². The van der Waals surface area contributed by atoms with Gasteiger partial charge in [0, 0.05) is 26.7 Å². The summed E-state index contributed by atoms with van der Waals surface area (Å²) in [6, 6.07) is 15.2. The summed E-state index contributed by atoms with van der Waals surface area (Å²) in [5.74, 6) is 0. The monoisotopic (exact) mass is 680 g/mol. The smallest absolute Gasteiger partial charge is 0.325 e. The molecule has 0 bridgehead atoms. The Morgan fingerprint density at radius 1 is 0.938 bits per heavy atom. The van der Waals surface area contributed by atoms with Crippen LogP contribution in [0.1, 0.15) is 0 Å². The third kappa shape index (κ3) is 5.21. The third-order valence-electron chi connectivity index (χ3n) is 4.21. The highest BCUT2D eigenvalue weighted by atomic mass is 127. The van der Waals surface area contributed by atoms with Crippen LogP contribution in [-0.2, 0) is 10.0 Å². The van der Waals surface area contributed by atoms with Gasteiger partial charge in [-0.2, -0.15) is 3.15 Å². The summed E-state index contributed by atoms with van der Waals surface area (Å²) < 4.78 is 28.9. The number of hydrogen-bond acceptors (Lipinski definition) is 8. The van der Waals surface area contributed by atoms with Gasteiger partial charge in [0.25, 0.3) is 0 Å². The lowest BCUT2D eigenvalue weighted by molar-refractivity contribution is 0.256. The van der Waals surface area contributed by atoms with E-state index in [1.54, 1.807) is 48.5 Å². The van der Waals surface area contributed by atoms with Crippen LogP contribution in [0.15, 0.2) is 68.7 Å². The Bertz CT molecular complexity index is 1380. The number of para-hydroxylation sites is 2. The highest BCUT2D eigenvalue weighted by Gasteiger charge is 2.12. The Hall–Kier alpha value is -2.25. The van der Waals surface area contributed by atoms with E-state index in [-0.39, 0.29) is 20.0 Å². The number of rotatable bonds is 3. The van der Waals surface area contributed by atoms with Crippen molar-refractivity contribution in [3.05, 3.63) is 71.1 Å². The maximum absolute atomic E-state index is 12.5. The maximum Gasteiger partial charge on any atom is 0.325 e. The number of sulfonamides is 1. The van der Waals surface area contributed by atoms with Gasteiger partial charge in [0.1, 0.15) is 21.3 Å². The van der Waals surface area contributed by atoms with Gasteiger partial charge in [-0.3, -0.25) is 5.32 Å². The molecule has 1 aliphatic heterocycles. The summed E-state index contributed by atoms with van der Waals surface area (Å²) >= 11 is -2.74. The number of urea groups is 1. The fraction of sp³-hybridized carbons (Fsp3) is 0. The summed E-state index contributed by atoms with van der Waals surface area (Å²) in [6.45, 7) is 0. The molecule has 4 N–H and O–H groups in total. The zero-order chi connectivity index (χ0) is 22.9. The summed E-state index contributed by atoms with van der Waals surface area (Å²) in [5, 5.41) is 36.5. The van der Waals surface area contributed by atoms with Gasteiger partial charge in [-0.05, 0) is 47.2 Å². The first-order valence-corrected chi connectivity index (χ1v) is 14.3. The van der Waals surface area contributed by atoms with Crippen molar-refractivity contribution in [1.29, 1.82) is 0 Å².